The van der Waals surface area contributed by atoms with Gasteiger partial charge in [0.05, 0.1) is 24.0 Å². The number of benzene rings is 2. The van der Waals surface area contributed by atoms with E-state index in [0.29, 0.717) is 52.0 Å². The van der Waals surface area contributed by atoms with Crippen LogP contribution in [0.1, 0.15) is 51.5 Å². The molecule has 2 aromatic rings. The van der Waals surface area contributed by atoms with Crippen molar-refractivity contribution in [2.24, 2.45) is 11.8 Å². The average Bonchev–Trinajstić information content (AvgIpc) is 3.36. The van der Waals surface area contributed by atoms with Crippen LogP contribution in [-0.2, 0) is 25.7 Å². The van der Waals surface area contributed by atoms with E-state index in [1.807, 2.05) is 92.7 Å². The van der Waals surface area contributed by atoms with Crippen molar-refractivity contribution in [3.63, 3.8) is 0 Å². The molecular formula is C37H45N3O6. The highest BCUT2D eigenvalue weighted by atomic mass is 16.5. The van der Waals surface area contributed by atoms with Gasteiger partial charge in [-0.1, -0.05) is 74.4 Å². The van der Waals surface area contributed by atoms with E-state index in [9.17, 15) is 19.5 Å². The summed E-state index contributed by atoms with van der Waals surface area (Å²) in [4.78, 5) is 49.3. The Bertz CT molecular complexity index is 1480. The minimum absolute atomic E-state index is 0.128. The second kappa shape index (κ2) is 13.4. The van der Waals surface area contributed by atoms with Crippen LogP contribution >= 0.6 is 0 Å². The van der Waals surface area contributed by atoms with Gasteiger partial charge in [-0.25, -0.2) is 0 Å². The molecule has 3 amide bonds. The number of carbonyl (C=O) groups is 3. The predicted molar refractivity (Wildman–Crippen MR) is 175 cm³/mol. The van der Waals surface area contributed by atoms with Crippen molar-refractivity contribution in [2.75, 3.05) is 37.7 Å². The number of rotatable bonds is 12. The van der Waals surface area contributed by atoms with Crippen molar-refractivity contribution in [1.82, 2.24) is 9.80 Å². The summed E-state index contributed by atoms with van der Waals surface area (Å²) in [6.45, 7) is 6.10. The Hall–Kier alpha value is -3.95. The number of hydrogen-bond acceptors (Lipinski definition) is 6. The molecule has 2 aromatic carbocycles. The SMILES string of the molecule is CCOc1ccc(N2CC=C[C@]3(CC)O[C@]45C=CCN(Cc6ccccc6)C(=O)C4N(CCCCCCO)C(=O)[C@@H]5[C@@H]3C2=O)cc1. The van der Waals surface area contributed by atoms with Crippen LogP contribution in [0.15, 0.2) is 78.9 Å². The first-order valence-electron chi connectivity index (χ1n) is 16.7. The Balaban J connectivity index is 1.39. The summed E-state index contributed by atoms with van der Waals surface area (Å²) in [6.07, 6.45) is 11.3. The van der Waals surface area contributed by atoms with Gasteiger partial charge in [0.15, 0.2) is 0 Å². The number of amides is 3. The maximum Gasteiger partial charge on any atom is 0.249 e. The minimum atomic E-state index is -1.28. The summed E-state index contributed by atoms with van der Waals surface area (Å²) in [5, 5.41) is 9.26. The van der Waals surface area contributed by atoms with E-state index in [-0.39, 0.29) is 24.3 Å². The quantitative estimate of drug-likeness (QED) is 0.275. The molecule has 9 heteroatoms. The second-order valence-electron chi connectivity index (χ2n) is 12.7. The topological polar surface area (TPSA) is 99.6 Å². The first kappa shape index (κ1) is 32.0. The number of unbranched alkanes of at least 4 members (excludes halogenated alkanes) is 3. The van der Waals surface area contributed by atoms with E-state index in [1.165, 1.54) is 0 Å². The van der Waals surface area contributed by atoms with Gasteiger partial charge in [-0.3, -0.25) is 14.4 Å². The normalized spacial score (nSPS) is 28.6. The van der Waals surface area contributed by atoms with Gasteiger partial charge >= 0.3 is 0 Å². The van der Waals surface area contributed by atoms with Crippen molar-refractivity contribution in [3.05, 3.63) is 84.5 Å². The first-order chi connectivity index (χ1) is 22.4. The van der Waals surface area contributed by atoms with Gasteiger partial charge in [-0.2, -0.15) is 0 Å². The highest BCUT2D eigenvalue weighted by molar-refractivity contribution is 6.04. The summed E-state index contributed by atoms with van der Waals surface area (Å²) in [7, 11) is 0. The molecule has 5 atom stereocenters. The number of carbonyl (C=O) groups excluding carboxylic acids is 3. The molecule has 0 bridgehead atoms. The van der Waals surface area contributed by atoms with E-state index < -0.39 is 29.1 Å². The molecule has 1 spiro atoms. The molecule has 46 heavy (non-hydrogen) atoms. The monoisotopic (exact) mass is 627 g/mol. The van der Waals surface area contributed by atoms with Gasteiger partial charge in [-0.15, -0.1) is 0 Å². The standard InChI is InChI=1S/C37H45N3O6/c1-3-36-20-12-24-39(28-16-18-29(19-17-28)45-4-2)33(42)30(36)31-34(43)40(23-10-5-6-11-25-41)32-35(44)38(22-13-21-37(31,32)46-36)26-27-14-8-7-9-15-27/h7-9,12-21,30-32,41H,3-6,10-11,22-26H2,1-2H3/t30-,31+,32?,36+,37+/m1/s1. The van der Waals surface area contributed by atoms with Crippen LogP contribution in [0.3, 0.4) is 0 Å². The van der Waals surface area contributed by atoms with Gasteiger partial charge in [-0.05, 0) is 56.0 Å². The Labute approximate surface area is 271 Å². The van der Waals surface area contributed by atoms with Crippen molar-refractivity contribution >= 4 is 23.4 Å². The van der Waals surface area contributed by atoms with Gasteiger partial charge in [0.1, 0.15) is 17.4 Å². The highest BCUT2D eigenvalue weighted by Gasteiger charge is 2.75. The zero-order valence-electron chi connectivity index (χ0n) is 26.8. The van der Waals surface area contributed by atoms with Gasteiger partial charge in [0, 0.05) is 38.5 Å². The molecule has 1 unspecified atom stereocenters. The fourth-order valence-electron chi connectivity index (χ4n) is 7.86. The van der Waals surface area contributed by atoms with Crippen LogP contribution in [-0.4, -0.2) is 82.7 Å². The third-order valence-electron chi connectivity index (χ3n) is 10.0. The maximum atomic E-state index is 14.7. The molecule has 0 aliphatic carbocycles. The molecule has 0 saturated carbocycles. The fourth-order valence-corrected chi connectivity index (χ4v) is 7.86. The molecule has 0 aromatic heterocycles. The highest BCUT2D eigenvalue weighted by Crippen LogP contribution is 2.58. The second-order valence-corrected chi connectivity index (χ2v) is 12.7. The van der Waals surface area contributed by atoms with E-state index in [0.717, 1.165) is 29.8 Å². The summed E-state index contributed by atoms with van der Waals surface area (Å²) in [5.41, 5.74) is -0.603. The van der Waals surface area contributed by atoms with E-state index in [1.54, 1.807) is 14.7 Å². The molecule has 4 aliphatic rings. The first-order valence-corrected chi connectivity index (χ1v) is 16.7. The van der Waals surface area contributed by atoms with Gasteiger partial charge in [0.2, 0.25) is 17.7 Å². The number of aliphatic hydroxyl groups is 1. The predicted octanol–water partition coefficient (Wildman–Crippen LogP) is 4.50. The number of ether oxygens (including phenoxy) is 2. The van der Waals surface area contributed by atoms with Crippen LogP contribution in [0.2, 0.25) is 0 Å². The van der Waals surface area contributed by atoms with Crippen LogP contribution in [0.5, 0.6) is 5.75 Å². The number of anilines is 1. The Morgan fingerprint density at radius 1 is 0.848 bits per heavy atom. The molecular weight excluding hydrogens is 582 g/mol. The molecule has 2 fully saturated rings. The molecule has 2 saturated heterocycles. The number of nitrogens with zero attached hydrogens (tertiary/aromatic N) is 3. The summed E-state index contributed by atoms with van der Waals surface area (Å²) in [5.74, 6) is -1.49. The molecule has 4 heterocycles. The van der Waals surface area contributed by atoms with Crippen LogP contribution in [0, 0.1) is 11.8 Å². The Morgan fingerprint density at radius 3 is 2.30 bits per heavy atom. The number of hydrogen-bond donors (Lipinski definition) is 1. The number of likely N-dealkylation sites (tertiary alicyclic amines) is 1. The molecule has 1 N–H and O–H groups in total. The fraction of sp³-hybridized carbons (Fsp3) is 0.486. The third kappa shape index (κ3) is 5.53. The lowest BCUT2D eigenvalue weighted by Gasteiger charge is -2.38. The number of aliphatic hydroxyl groups excluding tert-OH is 1. The average molecular weight is 628 g/mol. The Morgan fingerprint density at radius 2 is 1.59 bits per heavy atom. The van der Waals surface area contributed by atoms with Crippen molar-refractivity contribution in [1.29, 1.82) is 0 Å². The van der Waals surface area contributed by atoms with Gasteiger partial charge in [0.25, 0.3) is 0 Å². The zero-order chi connectivity index (χ0) is 32.3. The largest absolute Gasteiger partial charge is 0.494 e. The molecule has 4 aliphatic heterocycles. The lowest BCUT2D eigenvalue weighted by Crippen LogP contribution is -2.56. The smallest absolute Gasteiger partial charge is 0.249 e. The van der Waals surface area contributed by atoms with Crippen molar-refractivity contribution in [3.8, 4) is 5.75 Å². The molecule has 244 valence electrons. The van der Waals surface area contributed by atoms with Crippen molar-refractivity contribution < 1.29 is 29.0 Å². The molecule has 0 radical (unpaired) electrons. The summed E-state index contributed by atoms with van der Waals surface area (Å²) < 4.78 is 12.7. The zero-order valence-corrected chi connectivity index (χ0v) is 26.8. The third-order valence-corrected chi connectivity index (χ3v) is 10.0. The van der Waals surface area contributed by atoms with Crippen molar-refractivity contribution in [2.45, 2.75) is 69.7 Å². The van der Waals surface area contributed by atoms with E-state index in [4.69, 9.17) is 9.47 Å². The Kier molecular flexibility index (Phi) is 9.34. The van der Waals surface area contributed by atoms with Crippen LogP contribution in [0.25, 0.3) is 0 Å². The summed E-state index contributed by atoms with van der Waals surface area (Å²) in [6, 6.07) is 16.4. The number of fused-ring (bicyclic) bond motifs is 2. The van der Waals surface area contributed by atoms with Crippen LogP contribution in [0.4, 0.5) is 5.69 Å². The molecule has 9 nitrogen and oxygen atoms in total. The van der Waals surface area contributed by atoms with Crippen LogP contribution < -0.4 is 9.64 Å². The summed E-state index contributed by atoms with van der Waals surface area (Å²) >= 11 is 0. The van der Waals surface area contributed by atoms with E-state index in [2.05, 4.69) is 0 Å². The maximum absolute atomic E-state index is 14.7. The molecule has 6 rings (SSSR count). The minimum Gasteiger partial charge on any atom is -0.494 e. The van der Waals surface area contributed by atoms with Gasteiger partial charge < -0.3 is 29.3 Å². The van der Waals surface area contributed by atoms with E-state index >= 15 is 0 Å². The lowest BCUT2D eigenvalue weighted by molar-refractivity contribution is -0.152. The lowest BCUT2D eigenvalue weighted by atomic mass is 9.73.